The largest absolute Gasteiger partial charge is 0.469 e. The molecule has 32 nitrogen and oxygen atoms in total. The third-order valence-corrected chi connectivity index (χ3v) is 35.4. The molecule has 0 saturated carbocycles. The molecule has 94 heavy (non-hydrogen) atoms. The molecule has 32 atom stereocenters. The number of hydrogen-bond donors (Lipinski definition) is 2. The van der Waals surface area contributed by atoms with Gasteiger partial charge in [-0.15, -0.1) is 0 Å². The van der Waals surface area contributed by atoms with Crippen molar-refractivity contribution in [1.29, 1.82) is 0 Å². The summed E-state index contributed by atoms with van der Waals surface area (Å²) < 4.78 is 220. The zero-order chi connectivity index (χ0) is 68.9. The van der Waals surface area contributed by atoms with Gasteiger partial charge in [-0.2, -0.15) is 50.5 Å². The lowest BCUT2D eigenvalue weighted by Crippen LogP contribution is -2.51. The first-order chi connectivity index (χ1) is 43.3. The fraction of sp³-hybridized carbons (Fsp3) is 0.946. The number of hydrogen-bond acceptors (Lipinski definition) is 32. The fourth-order valence-electron chi connectivity index (χ4n) is 19.3. The SMILES string of the molecule is CC(=O)OCC12CC3C(COC(C)=O)(O1)C(OS3(=O)=O)C2C.CC1C2CC3(C)C(O2)C1OS3(=O)=O.CC1C2OC3C1OS(=O)(=O)C3C2C.CC1C2OS(=O)(=O)C3CC1(C)OC23C.CC1C2OS(=O)(=O)C3CC1(CO)OC23CO.COC(=O)C1C2OC3C(OS(=O)(=O)C31)C2C. The molecule has 32 unspecified atom stereocenters. The van der Waals surface area contributed by atoms with Crippen LogP contribution in [-0.4, -0.2) is 250 Å². The van der Waals surface area contributed by atoms with Crippen molar-refractivity contribution in [2.24, 2.45) is 47.3 Å². The lowest BCUT2D eigenvalue weighted by atomic mass is 9.73. The smallest absolute Gasteiger partial charge is 0.312 e. The topological polar surface area (TPSA) is 435 Å². The first-order valence-electron chi connectivity index (χ1n) is 31.5. The molecular formula is C56H82O32S6. The second-order valence-electron chi connectivity index (χ2n) is 29.5. The van der Waals surface area contributed by atoms with Crippen molar-refractivity contribution >= 4 is 78.6 Å². The van der Waals surface area contributed by atoms with Crippen molar-refractivity contribution in [1.82, 2.24) is 0 Å². The van der Waals surface area contributed by atoms with Gasteiger partial charge in [0, 0.05) is 68.1 Å². The molecule has 0 spiro atoms. The van der Waals surface area contributed by atoms with E-state index in [2.05, 4.69) is 4.74 Å². The van der Waals surface area contributed by atoms with E-state index in [1.807, 2.05) is 48.5 Å². The van der Waals surface area contributed by atoms with Crippen LogP contribution in [0.15, 0.2) is 0 Å². The third-order valence-electron chi connectivity index (χ3n) is 24.5. The maximum absolute atomic E-state index is 12.2. The highest BCUT2D eigenvalue weighted by molar-refractivity contribution is 7.89. The van der Waals surface area contributed by atoms with Gasteiger partial charge < -0.3 is 52.8 Å². The molecule has 18 aliphatic rings. The molecule has 0 aromatic heterocycles. The molecule has 534 valence electrons. The van der Waals surface area contributed by atoms with Crippen molar-refractivity contribution in [2.45, 2.75) is 247 Å². The summed E-state index contributed by atoms with van der Waals surface area (Å²) in [5, 5.41) is 15.3. The van der Waals surface area contributed by atoms with Crippen molar-refractivity contribution in [2.75, 3.05) is 33.5 Å². The molecular weight excluding hydrogens is 1380 g/mol. The Morgan fingerprint density at radius 1 is 0.457 bits per heavy atom. The van der Waals surface area contributed by atoms with Crippen LogP contribution >= 0.6 is 0 Å². The van der Waals surface area contributed by atoms with Gasteiger partial charge in [-0.25, -0.2) is 0 Å². The van der Waals surface area contributed by atoms with Crippen LogP contribution in [0.5, 0.6) is 0 Å². The van der Waals surface area contributed by atoms with Crippen LogP contribution in [0.3, 0.4) is 0 Å². The van der Waals surface area contributed by atoms with Crippen LogP contribution in [0.4, 0.5) is 0 Å². The number of esters is 3. The minimum Gasteiger partial charge on any atom is -0.469 e. The number of fused-ring (bicyclic) bond motifs is 6. The lowest BCUT2D eigenvalue weighted by Gasteiger charge is -2.31. The van der Waals surface area contributed by atoms with E-state index in [4.69, 9.17) is 63.0 Å². The summed E-state index contributed by atoms with van der Waals surface area (Å²) in [5.74, 6) is -2.23. The quantitative estimate of drug-likeness (QED) is 0.171. The normalized spacial score (nSPS) is 55.4. The number of methoxy groups -OCH3 is 1. The van der Waals surface area contributed by atoms with Gasteiger partial charge >= 0.3 is 17.9 Å². The first kappa shape index (κ1) is 70.0. The Bertz CT molecular complexity index is 3890. The van der Waals surface area contributed by atoms with E-state index in [-0.39, 0.29) is 122 Å². The molecule has 0 aliphatic carbocycles. The van der Waals surface area contributed by atoms with Crippen molar-refractivity contribution < 1.29 is 143 Å². The molecule has 18 heterocycles. The molecule has 18 rings (SSSR count). The zero-order valence-corrected chi connectivity index (χ0v) is 58.6. The van der Waals surface area contributed by atoms with E-state index in [9.17, 15) is 75.1 Å². The summed E-state index contributed by atoms with van der Waals surface area (Å²) >= 11 is 0. The number of carbonyl (C=O) groups is 3. The maximum Gasteiger partial charge on any atom is 0.312 e. The third kappa shape index (κ3) is 9.45. The minimum atomic E-state index is -3.80. The Balaban J connectivity index is 0.000000103. The van der Waals surface area contributed by atoms with E-state index in [0.29, 0.717) is 12.8 Å². The highest BCUT2D eigenvalue weighted by atomic mass is 32.2. The highest BCUT2D eigenvalue weighted by Crippen LogP contribution is 2.65. The standard InChI is InChI=1S/C13H18O8S.C9H14O6S.C9H12O6S.C9H14O4S.2C8H12O4S/c1-7-11-13(6-19-9(3)15)10(22(16,17)20-11)4-12(7,21-13)5-18-8(2)14;1-5-7-9(4-11)6(16(12,13)14-7)2-8(5,3-10)15-9;1-3-5-4(9(10)13-2)8-7(14-5)6(3)15-16(8,11)12;1-5-7-9(3)6(14(10,11)12-7)4-8(5,2)13-9;1-4-5-3-8(2)7(11-5)6(4)12-13(8,9)10;1-3-5-4(2)8-7(11-5)6(3)12-13(8,9)10/h7,10-11H,4-6H2,1-3H3;5-7,10-11H,2-4H2,1H3;3-8H,1-2H3;5-7H,4H2,1-3H3;4-7H,3H2,1-2H3;3-8H,1-2H3. The monoisotopic (exact) mass is 1460 g/mol. The summed E-state index contributed by atoms with van der Waals surface area (Å²) in [6, 6.07) is 0. The zero-order valence-electron chi connectivity index (χ0n) is 53.7. The Kier molecular flexibility index (Phi) is 16.2. The van der Waals surface area contributed by atoms with Crippen LogP contribution in [0.25, 0.3) is 0 Å². The second-order valence-corrected chi connectivity index (χ2v) is 40.2. The molecule has 18 fully saturated rings. The van der Waals surface area contributed by atoms with Gasteiger partial charge in [0.05, 0.1) is 49.8 Å². The Labute approximate surface area is 546 Å². The lowest BCUT2D eigenvalue weighted by molar-refractivity contribution is -0.162. The van der Waals surface area contributed by atoms with Crippen LogP contribution in [0.1, 0.15) is 109 Å². The van der Waals surface area contributed by atoms with E-state index >= 15 is 0 Å². The summed E-state index contributed by atoms with van der Waals surface area (Å²) in [5.41, 5.74) is -5.10. The predicted octanol–water partition coefficient (Wildman–Crippen LogP) is -1.25. The maximum atomic E-state index is 12.2. The molecule has 18 aliphatic heterocycles. The van der Waals surface area contributed by atoms with Crippen LogP contribution in [-0.2, 0) is 143 Å². The second kappa shape index (κ2) is 21.8. The Morgan fingerprint density at radius 2 is 0.957 bits per heavy atom. The summed E-state index contributed by atoms with van der Waals surface area (Å²) in [4.78, 5) is 33.8. The first-order valence-corrected chi connectivity index (χ1v) is 40.2. The van der Waals surface area contributed by atoms with Gasteiger partial charge in [-0.05, 0) is 33.6 Å². The van der Waals surface area contributed by atoms with Gasteiger partial charge in [0.25, 0.3) is 60.7 Å². The molecule has 0 aromatic carbocycles. The summed E-state index contributed by atoms with van der Waals surface area (Å²) in [6.07, 6.45) is -2.21. The van der Waals surface area contributed by atoms with E-state index in [0.717, 1.165) is 0 Å². The van der Waals surface area contributed by atoms with Gasteiger partial charge in [0.2, 0.25) is 0 Å². The summed E-state index contributed by atoms with van der Waals surface area (Å²) in [7, 11) is -20.0. The molecule has 0 amide bonds. The number of ether oxygens (including phenoxy) is 9. The van der Waals surface area contributed by atoms with Crippen LogP contribution < -0.4 is 0 Å². The van der Waals surface area contributed by atoms with Gasteiger partial charge in [-0.3, -0.25) is 39.5 Å². The van der Waals surface area contributed by atoms with Crippen molar-refractivity contribution in [3.63, 3.8) is 0 Å². The van der Waals surface area contributed by atoms with Crippen LogP contribution in [0, 0.1) is 47.3 Å². The average molecular weight is 1460 g/mol. The van der Waals surface area contributed by atoms with E-state index in [1.54, 1.807) is 20.8 Å². The molecule has 18 saturated heterocycles. The predicted molar refractivity (Wildman–Crippen MR) is 313 cm³/mol. The number of rotatable bonds is 7. The molecule has 0 radical (unpaired) electrons. The molecule has 2 N–H and O–H groups in total. The van der Waals surface area contributed by atoms with Gasteiger partial charge in [0.15, 0.2) is 0 Å². The van der Waals surface area contributed by atoms with Crippen LogP contribution in [0.2, 0.25) is 0 Å². The molecule has 38 heteroatoms. The Morgan fingerprint density at radius 3 is 1.48 bits per heavy atom. The fourth-order valence-corrected chi connectivity index (χ4v) is 30.8. The average Bonchev–Trinajstić information content (AvgIpc) is 1.52. The van der Waals surface area contributed by atoms with Gasteiger partial charge in [-0.1, -0.05) is 48.5 Å². The molecule has 0 aromatic rings. The summed E-state index contributed by atoms with van der Waals surface area (Å²) in [6.45, 7) is 20.6. The number of aliphatic hydroxyl groups excluding tert-OH is 2. The number of aliphatic hydroxyl groups is 2. The molecule has 12 bridgehead atoms. The van der Waals surface area contributed by atoms with Gasteiger partial charge in [0.1, 0.15) is 127 Å². The van der Waals surface area contributed by atoms with E-state index in [1.165, 1.54) is 21.0 Å². The Hall–Kier alpha value is -2.45. The van der Waals surface area contributed by atoms with E-state index < -0.39 is 181 Å². The van der Waals surface area contributed by atoms with Crippen molar-refractivity contribution in [3.05, 3.63) is 0 Å². The van der Waals surface area contributed by atoms with Crippen molar-refractivity contribution in [3.8, 4) is 0 Å². The number of carbonyl (C=O) groups excluding carboxylic acids is 3. The minimum absolute atomic E-state index is 0.0444. The highest BCUT2D eigenvalue weighted by Gasteiger charge is 2.82.